The third-order valence-electron chi connectivity index (χ3n) is 4.25. The van der Waals surface area contributed by atoms with Crippen molar-refractivity contribution in [1.82, 2.24) is 10.2 Å². The topological polar surface area (TPSA) is 35.5 Å². The van der Waals surface area contributed by atoms with Gasteiger partial charge >= 0.3 is 0 Å². The number of piperazine rings is 1. The number of phenolic OH excluding ortho intramolecular Hbond substituents is 1. The van der Waals surface area contributed by atoms with E-state index in [1.807, 2.05) is 13.8 Å². The van der Waals surface area contributed by atoms with Crippen molar-refractivity contribution >= 4 is 0 Å². The minimum absolute atomic E-state index is 0.421. The molecule has 3 nitrogen and oxygen atoms in total. The fourth-order valence-electron chi connectivity index (χ4n) is 2.80. The summed E-state index contributed by atoms with van der Waals surface area (Å²) in [6, 6.07) is 2.56. The van der Waals surface area contributed by atoms with Crippen LogP contribution in [0.15, 0.2) is 6.07 Å². The third kappa shape index (κ3) is 2.38. The van der Waals surface area contributed by atoms with E-state index in [1.165, 1.54) is 11.1 Å². The van der Waals surface area contributed by atoms with Gasteiger partial charge in [0, 0.05) is 32.2 Å². The van der Waals surface area contributed by atoms with Gasteiger partial charge in [-0.25, -0.2) is 0 Å². The van der Waals surface area contributed by atoms with Crippen molar-refractivity contribution in [2.45, 2.75) is 33.7 Å². The molecule has 0 radical (unpaired) electrons. The Morgan fingerprint density at radius 3 is 2.39 bits per heavy atom. The summed E-state index contributed by atoms with van der Waals surface area (Å²) in [6.07, 6.45) is 0. The maximum Gasteiger partial charge on any atom is 0.121 e. The van der Waals surface area contributed by atoms with Gasteiger partial charge < -0.3 is 10.4 Å². The van der Waals surface area contributed by atoms with Crippen molar-refractivity contribution in [1.29, 1.82) is 0 Å². The normalized spacial score (nSPS) is 18.9. The van der Waals surface area contributed by atoms with Crippen LogP contribution in [-0.2, 0) is 0 Å². The molecule has 1 atom stereocenters. The summed E-state index contributed by atoms with van der Waals surface area (Å²) in [6.45, 7) is 12.7. The lowest BCUT2D eigenvalue weighted by molar-refractivity contribution is 0.185. The van der Waals surface area contributed by atoms with Gasteiger partial charge in [0.05, 0.1) is 0 Å². The van der Waals surface area contributed by atoms with E-state index in [-0.39, 0.29) is 0 Å². The van der Waals surface area contributed by atoms with Crippen molar-refractivity contribution < 1.29 is 5.11 Å². The minimum atomic E-state index is 0.421. The second kappa shape index (κ2) is 5.29. The van der Waals surface area contributed by atoms with E-state index >= 15 is 0 Å². The molecule has 3 heteroatoms. The second-order valence-corrected chi connectivity index (χ2v) is 5.34. The average Bonchev–Trinajstić information content (AvgIpc) is 2.41. The van der Waals surface area contributed by atoms with E-state index in [0.29, 0.717) is 11.8 Å². The Hall–Kier alpha value is -1.06. The van der Waals surface area contributed by atoms with Crippen LogP contribution in [0.5, 0.6) is 5.75 Å². The SMILES string of the molecule is Cc1cc(C(C)N2CCNCC2)c(C)c(C)c1O. The van der Waals surface area contributed by atoms with Gasteiger partial charge in [0.25, 0.3) is 0 Å². The van der Waals surface area contributed by atoms with E-state index in [4.69, 9.17) is 0 Å². The summed E-state index contributed by atoms with van der Waals surface area (Å²) in [4.78, 5) is 2.51. The number of benzene rings is 1. The highest BCUT2D eigenvalue weighted by Gasteiger charge is 2.21. The van der Waals surface area contributed by atoms with Crippen molar-refractivity contribution in [2.24, 2.45) is 0 Å². The molecule has 2 rings (SSSR count). The molecular weight excluding hydrogens is 224 g/mol. The summed E-state index contributed by atoms with van der Waals surface area (Å²) in [5, 5.41) is 13.4. The molecule has 1 heterocycles. The molecule has 0 bridgehead atoms. The number of hydrogen-bond acceptors (Lipinski definition) is 3. The Kier molecular flexibility index (Phi) is 3.93. The maximum atomic E-state index is 9.98. The summed E-state index contributed by atoms with van der Waals surface area (Å²) >= 11 is 0. The van der Waals surface area contributed by atoms with Crippen LogP contribution >= 0.6 is 0 Å². The lowest BCUT2D eigenvalue weighted by Gasteiger charge is -2.34. The Balaban J connectivity index is 2.32. The molecule has 18 heavy (non-hydrogen) atoms. The third-order valence-corrected chi connectivity index (χ3v) is 4.25. The van der Waals surface area contributed by atoms with Crippen LogP contribution in [0, 0.1) is 20.8 Å². The Labute approximate surface area is 110 Å². The molecule has 1 fully saturated rings. The first kappa shape index (κ1) is 13.4. The van der Waals surface area contributed by atoms with Crippen LogP contribution in [0.2, 0.25) is 0 Å². The zero-order valence-electron chi connectivity index (χ0n) is 11.9. The van der Waals surface area contributed by atoms with Gasteiger partial charge in [-0.1, -0.05) is 6.07 Å². The summed E-state index contributed by atoms with van der Waals surface area (Å²) < 4.78 is 0. The number of aryl methyl sites for hydroxylation is 1. The van der Waals surface area contributed by atoms with Crippen molar-refractivity contribution in [3.8, 4) is 5.75 Å². The number of rotatable bonds is 2. The number of hydrogen-bond donors (Lipinski definition) is 2. The van der Waals surface area contributed by atoms with Crippen molar-refractivity contribution in [3.63, 3.8) is 0 Å². The Morgan fingerprint density at radius 1 is 1.17 bits per heavy atom. The fourth-order valence-corrected chi connectivity index (χ4v) is 2.80. The smallest absolute Gasteiger partial charge is 0.121 e. The van der Waals surface area contributed by atoms with Crippen LogP contribution < -0.4 is 5.32 Å². The summed E-state index contributed by atoms with van der Waals surface area (Å²) in [5.41, 5.74) is 4.58. The van der Waals surface area contributed by atoms with Crippen molar-refractivity contribution in [2.75, 3.05) is 26.2 Å². The quantitative estimate of drug-likeness (QED) is 0.843. The van der Waals surface area contributed by atoms with Gasteiger partial charge in [0.1, 0.15) is 5.75 Å². The van der Waals surface area contributed by atoms with E-state index in [2.05, 4.69) is 30.1 Å². The monoisotopic (exact) mass is 248 g/mol. The Bertz CT molecular complexity index is 437. The molecule has 1 aromatic carbocycles. The summed E-state index contributed by atoms with van der Waals surface area (Å²) in [7, 11) is 0. The van der Waals surface area contributed by atoms with E-state index in [0.717, 1.165) is 37.3 Å². The largest absolute Gasteiger partial charge is 0.507 e. The van der Waals surface area contributed by atoms with E-state index in [1.54, 1.807) is 0 Å². The zero-order valence-corrected chi connectivity index (χ0v) is 11.9. The fraction of sp³-hybridized carbons (Fsp3) is 0.600. The van der Waals surface area contributed by atoms with Gasteiger partial charge in [0.2, 0.25) is 0 Å². The first-order valence-electron chi connectivity index (χ1n) is 6.76. The molecule has 100 valence electrons. The number of nitrogens with zero attached hydrogens (tertiary/aromatic N) is 1. The van der Waals surface area contributed by atoms with Gasteiger partial charge in [-0.15, -0.1) is 0 Å². The summed E-state index contributed by atoms with van der Waals surface area (Å²) in [5.74, 6) is 0.448. The van der Waals surface area contributed by atoms with Gasteiger partial charge in [-0.3, -0.25) is 4.90 Å². The van der Waals surface area contributed by atoms with E-state index in [9.17, 15) is 5.11 Å². The van der Waals surface area contributed by atoms with Crippen LogP contribution in [0.4, 0.5) is 0 Å². The molecule has 2 N–H and O–H groups in total. The first-order valence-corrected chi connectivity index (χ1v) is 6.76. The van der Waals surface area contributed by atoms with Crippen LogP contribution in [-0.4, -0.2) is 36.2 Å². The van der Waals surface area contributed by atoms with Gasteiger partial charge in [-0.2, -0.15) is 0 Å². The van der Waals surface area contributed by atoms with Gasteiger partial charge in [0.15, 0.2) is 0 Å². The first-order chi connectivity index (χ1) is 8.52. The second-order valence-electron chi connectivity index (χ2n) is 5.34. The standard InChI is InChI=1S/C15H24N2O/c1-10-9-14(11(2)12(3)15(10)18)13(4)17-7-5-16-6-8-17/h9,13,16,18H,5-8H2,1-4H3. The minimum Gasteiger partial charge on any atom is -0.507 e. The molecular formula is C15H24N2O. The predicted octanol–water partition coefficient (Wildman–Crippen LogP) is 2.28. The molecule has 1 saturated heterocycles. The van der Waals surface area contributed by atoms with Crippen LogP contribution in [0.3, 0.4) is 0 Å². The van der Waals surface area contributed by atoms with Gasteiger partial charge in [-0.05, 0) is 49.9 Å². The van der Waals surface area contributed by atoms with Crippen LogP contribution in [0.25, 0.3) is 0 Å². The molecule has 1 aromatic rings. The maximum absolute atomic E-state index is 9.98. The highest BCUT2D eigenvalue weighted by molar-refractivity contribution is 5.49. The molecule has 0 spiro atoms. The molecule has 1 unspecified atom stereocenters. The molecule has 1 aliphatic heterocycles. The van der Waals surface area contributed by atoms with E-state index < -0.39 is 0 Å². The lowest BCUT2D eigenvalue weighted by atomic mass is 9.93. The lowest BCUT2D eigenvalue weighted by Crippen LogP contribution is -2.44. The number of nitrogens with one attached hydrogen (secondary N) is 1. The zero-order chi connectivity index (χ0) is 13.3. The number of phenols is 1. The predicted molar refractivity (Wildman–Crippen MR) is 75.2 cm³/mol. The average molecular weight is 248 g/mol. The van der Waals surface area contributed by atoms with Crippen molar-refractivity contribution in [3.05, 3.63) is 28.3 Å². The number of aromatic hydroxyl groups is 1. The molecule has 0 saturated carbocycles. The highest BCUT2D eigenvalue weighted by Crippen LogP contribution is 2.32. The molecule has 0 aliphatic carbocycles. The van der Waals surface area contributed by atoms with Crippen LogP contribution in [0.1, 0.15) is 35.2 Å². The molecule has 0 amide bonds. The molecule has 0 aromatic heterocycles. The Morgan fingerprint density at radius 2 is 1.78 bits per heavy atom. The molecule has 1 aliphatic rings. The highest BCUT2D eigenvalue weighted by atomic mass is 16.3.